The van der Waals surface area contributed by atoms with Crippen molar-refractivity contribution in [3.63, 3.8) is 0 Å². The summed E-state index contributed by atoms with van der Waals surface area (Å²) in [5.74, 6) is 2.16. The Bertz CT molecular complexity index is 445. The van der Waals surface area contributed by atoms with E-state index < -0.39 is 0 Å². The van der Waals surface area contributed by atoms with E-state index in [2.05, 4.69) is 22.5 Å². The topological polar surface area (TPSA) is 80.0 Å². The number of rotatable bonds is 7. The van der Waals surface area contributed by atoms with Crippen molar-refractivity contribution in [1.82, 2.24) is 10.3 Å². The first kappa shape index (κ1) is 14.5. The van der Waals surface area contributed by atoms with Crippen molar-refractivity contribution in [3.05, 3.63) is 4.88 Å². The average molecular weight is 300 g/mol. The van der Waals surface area contributed by atoms with Crippen molar-refractivity contribution in [2.75, 3.05) is 22.6 Å². The molecule has 4 N–H and O–H groups in total. The number of nitrogens with one attached hydrogen (secondary N) is 2. The molecule has 0 aliphatic heterocycles. The molecule has 0 bridgehead atoms. The Labute approximate surface area is 121 Å². The summed E-state index contributed by atoms with van der Waals surface area (Å²) in [6, 6.07) is 0.653. The van der Waals surface area contributed by atoms with Gasteiger partial charge in [-0.05, 0) is 25.5 Å². The Kier molecular flexibility index (Phi) is 4.93. The number of nitrogen functional groups attached to an aromatic ring is 1. The molecule has 1 unspecified atom stereocenters. The molecular weight excluding hydrogens is 280 g/mol. The predicted octanol–water partition coefficient (Wildman–Crippen LogP) is 2.17. The zero-order valence-electron chi connectivity index (χ0n) is 11.2. The van der Waals surface area contributed by atoms with Crippen molar-refractivity contribution < 1.29 is 4.79 Å². The molecule has 0 spiro atoms. The lowest BCUT2D eigenvalue weighted by Gasteiger charge is -2.12. The van der Waals surface area contributed by atoms with Gasteiger partial charge in [0.15, 0.2) is 5.13 Å². The van der Waals surface area contributed by atoms with Gasteiger partial charge in [-0.1, -0.05) is 18.3 Å². The van der Waals surface area contributed by atoms with Crippen molar-refractivity contribution in [2.24, 2.45) is 0 Å². The molecule has 1 aliphatic carbocycles. The standard InChI is InChI=1S/C12H20N4OS2/c1-3-18-6-7(2)14-11(17)9-10(13)16-12(19-9)15-8-4-5-8/h7-8H,3-6,13H2,1-2H3,(H,14,17)(H,15,16). The molecule has 1 saturated carbocycles. The van der Waals surface area contributed by atoms with Gasteiger partial charge < -0.3 is 16.4 Å². The first-order valence-corrected chi connectivity index (χ1v) is 8.48. The van der Waals surface area contributed by atoms with Gasteiger partial charge in [0.25, 0.3) is 5.91 Å². The summed E-state index contributed by atoms with van der Waals surface area (Å²) in [4.78, 5) is 16.8. The van der Waals surface area contributed by atoms with Crippen LogP contribution in [0.3, 0.4) is 0 Å². The summed E-state index contributed by atoms with van der Waals surface area (Å²) in [6.45, 7) is 4.11. The lowest BCUT2D eigenvalue weighted by Crippen LogP contribution is -2.34. The second-order valence-electron chi connectivity index (χ2n) is 4.69. The highest BCUT2D eigenvalue weighted by Gasteiger charge is 2.24. The number of hydrogen-bond donors (Lipinski definition) is 3. The fourth-order valence-electron chi connectivity index (χ4n) is 1.58. The Morgan fingerprint density at radius 1 is 1.63 bits per heavy atom. The molecule has 1 aromatic rings. The zero-order chi connectivity index (χ0) is 13.8. The van der Waals surface area contributed by atoms with Crippen LogP contribution < -0.4 is 16.4 Å². The number of thiazole rings is 1. The number of carbonyl (C=O) groups excluding carboxylic acids is 1. The first-order valence-electron chi connectivity index (χ1n) is 6.51. The van der Waals surface area contributed by atoms with E-state index in [1.54, 1.807) is 0 Å². The monoisotopic (exact) mass is 300 g/mol. The van der Waals surface area contributed by atoms with Crippen LogP contribution in [0.2, 0.25) is 0 Å². The van der Waals surface area contributed by atoms with Crippen molar-refractivity contribution in [2.45, 2.75) is 38.8 Å². The Morgan fingerprint density at radius 3 is 3.00 bits per heavy atom. The van der Waals surface area contributed by atoms with Crippen LogP contribution >= 0.6 is 23.1 Å². The molecule has 5 nitrogen and oxygen atoms in total. The smallest absolute Gasteiger partial charge is 0.265 e. The van der Waals surface area contributed by atoms with E-state index in [1.807, 2.05) is 18.7 Å². The summed E-state index contributed by atoms with van der Waals surface area (Å²) in [6.07, 6.45) is 2.35. The fourth-order valence-corrected chi connectivity index (χ4v) is 3.12. The number of nitrogens with zero attached hydrogens (tertiary/aromatic N) is 1. The second-order valence-corrected chi connectivity index (χ2v) is 7.00. The van der Waals surface area contributed by atoms with Gasteiger partial charge in [0, 0.05) is 17.8 Å². The normalized spacial score (nSPS) is 16.1. The van der Waals surface area contributed by atoms with Gasteiger partial charge in [0.05, 0.1) is 0 Å². The van der Waals surface area contributed by atoms with Crippen LogP contribution in [0.1, 0.15) is 36.4 Å². The highest BCUT2D eigenvalue weighted by atomic mass is 32.2. The largest absolute Gasteiger partial charge is 0.382 e. The number of thioether (sulfide) groups is 1. The van der Waals surface area contributed by atoms with Gasteiger partial charge in [-0.15, -0.1) is 0 Å². The fraction of sp³-hybridized carbons (Fsp3) is 0.667. The number of amides is 1. The van der Waals surface area contributed by atoms with Crippen LogP contribution in [-0.4, -0.2) is 34.5 Å². The van der Waals surface area contributed by atoms with E-state index in [-0.39, 0.29) is 11.9 Å². The minimum absolute atomic E-state index is 0.122. The molecule has 0 radical (unpaired) electrons. The first-order chi connectivity index (χ1) is 9.10. The number of hydrogen-bond acceptors (Lipinski definition) is 6. The van der Waals surface area contributed by atoms with Gasteiger partial charge >= 0.3 is 0 Å². The maximum atomic E-state index is 12.1. The maximum absolute atomic E-state index is 12.1. The van der Waals surface area contributed by atoms with Crippen LogP contribution in [0, 0.1) is 0 Å². The third kappa shape index (κ3) is 4.28. The van der Waals surface area contributed by atoms with Gasteiger partial charge in [-0.2, -0.15) is 11.8 Å². The molecule has 1 atom stereocenters. The minimum Gasteiger partial charge on any atom is -0.382 e. The Balaban J connectivity index is 1.91. The molecule has 1 aliphatic rings. The lowest BCUT2D eigenvalue weighted by atomic mass is 10.3. The summed E-state index contributed by atoms with van der Waals surface area (Å²) in [5, 5.41) is 6.97. The molecule has 1 heterocycles. The molecule has 2 rings (SSSR count). The van der Waals surface area contributed by atoms with Crippen LogP contribution in [0.4, 0.5) is 10.9 Å². The minimum atomic E-state index is -0.122. The second kappa shape index (κ2) is 6.47. The number of nitrogens with two attached hydrogens (primary N) is 1. The van der Waals surface area contributed by atoms with E-state index in [9.17, 15) is 4.79 Å². The van der Waals surface area contributed by atoms with E-state index in [4.69, 9.17) is 5.73 Å². The van der Waals surface area contributed by atoms with Gasteiger partial charge in [0.2, 0.25) is 0 Å². The molecule has 1 amide bonds. The van der Waals surface area contributed by atoms with Gasteiger partial charge in [-0.25, -0.2) is 4.98 Å². The van der Waals surface area contributed by atoms with Gasteiger partial charge in [-0.3, -0.25) is 4.79 Å². The van der Waals surface area contributed by atoms with Crippen molar-refractivity contribution >= 4 is 40.0 Å². The van der Waals surface area contributed by atoms with E-state index >= 15 is 0 Å². The Morgan fingerprint density at radius 2 is 2.37 bits per heavy atom. The van der Waals surface area contributed by atoms with E-state index in [1.165, 1.54) is 24.2 Å². The number of carbonyl (C=O) groups is 1. The predicted molar refractivity (Wildman–Crippen MR) is 83.1 cm³/mol. The molecule has 0 saturated heterocycles. The molecule has 106 valence electrons. The molecule has 0 aromatic carbocycles. The maximum Gasteiger partial charge on any atom is 0.265 e. The quantitative estimate of drug-likeness (QED) is 0.719. The number of aromatic nitrogens is 1. The summed E-state index contributed by atoms with van der Waals surface area (Å²) in [7, 11) is 0. The molecule has 7 heteroatoms. The third-order valence-electron chi connectivity index (χ3n) is 2.71. The highest BCUT2D eigenvalue weighted by molar-refractivity contribution is 7.99. The third-order valence-corrected chi connectivity index (χ3v) is 4.86. The Hall–Kier alpha value is -0.950. The molecule has 1 aromatic heterocycles. The van der Waals surface area contributed by atoms with E-state index in [0.29, 0.717) is 16.7 Å². The van der Waals surface area contributed by atoms with Crippen molar-refractivity contribution in [3.8, 4) is 0 Å². The SMILES string of the molecule is CCSCC(C)NC(=O)c1sc(NC2CC2)nc1N. The summed E-state index contributed by atoms with van der Waals surface area (Å²) >= 11 is 3.14. The van der Waals surface area contributed by atoms with Crippen LogP contribution in [0.5, 0.6) is 0 Å². The zero-order valence-corrected chi connectivity index (χ0v) is 12.9. The molecule has 1 fully saturated rings. The van der Waals surface area contributed by atoms with Crippen LogP contribution in [0.25, 0.3) is 0 Å². The number of anilines is 2. The molecule has 19 heavy (non-hydrogen) atoms. The van der Waals surface area contributed by atoms with Crippen LogP contribution in [0.15, 0.2) is 0 Å². The lowest BCUT2D eigenvalue weighted by molar-refractivity contribution is 0.0948. The van der Waals surface area contributed by atoms with E-state index in [0.717, 1.165) is 16.6 Å². The highest BCUT2D eigenvalue weighted by Crippen LogP contribution is 2.30. The summed E-state index contributed by atoms with van der Waals surface area (Å²) < 4.78 is 0. The van der Waals surface area contributed by atoms with Gasteiger partial charge in [0.1, 0.15) is 10.7 Å². The summed E-state index contributed by atoms with van der Waals surface area (Å²) in [5.41, 5.74) is 5.81. The van der Waals surface area contributed by atoms with Crippen LogP contribution in [-0.2, 0) is 0 Å². The molecular formula is C12H20N4OS2. The van der Waals surface area contributed by atoms with Crippen molar-refractivity contribution in [1.29, 1.82) is 0 Å². The average Bonchev–Trinajstić information content (AvgIpc) is 3.09.